The highest BCUT2D eigenvalue weighted by Gasteiger charge is 2.12. The van der Waals surface area contributed by atoms with Gasteiger partial charge in [0.1, 0.15) is 6.33 Å². The van der Waals surface area contributed by atoms with E-state index in [1.165, 1.54) is 5.56 Å². The summed E-state index contributed by atoms with van der Waals surface area (Å²) in [7, 11) is 0. The van der Waals surface area contributed by atoms with Crippen LogP contribution in [0.15, 0.2) is 70.8 Å². The fourth-order valence-corrected chi connectivity index (χ4v) is 3.84. The van der Waals surface area contributed by atoms with Crippen molar-refractivity contribution in [3.63, 3.8) is 0 Å². The van der Waals surface area contributed by atoms with Crippen molar-refractivity contribution in [3.8, 4) is 11.1 Å². The lowest BCUT2D eigenvalue weighted by atomic mass is 10.1. The van der Waals surface area contributed by atoms with Gasteiger partial charge in [-0.15, -0.1) is 11.3 Å². The summed E-state index contributed by atoms with van der Waals surface area (Å²) in [4.78, 5) is 8.90. The van der Waals surface area contributed by atoms with E-state index in [0.717, 1.165) is 31.8 Å². The third-order valence-corrected chi connectivity index (χ3v) is 4.99. The molecule has 0 atom stereocenters. The molecule has 0 bridgehead atoms. The number of anilines is 2. The Morgan fingerprint density at radius 3 is 2.65 bits per heavy atom. The number of rotatable bonds is 3. The predicted molar refractivity (Wildman–Crippen MR) is 100 cm³/mol. The largest absolute Gasteiger partial charge is 0.339 e. The van der Waals surface area contributed by atoms with Crippen LogP contribution in [-0.4, -0.2) is 9.97 Å². The van der Waals surface area contributed by atoms with Crippen LogP contribution in [-0.2, 0) is 0 Å². The molecule has 3 nitrogen and oxygen atoms in total. The Balaban J connectivity index is 1.79. The smallest absolute Gasteiger partial charge is 0.151 e. The third-order valence-electron chi connectivity index (χ3n) is 3.53. The minimum atomic E-state index is 0.834. The molecule has 0 aliphatic carbocycles. The van der Waals surface area contributed by atoms with Crippen molar-refractivity contribution >= 4 is 49.0 Å². The minimum absolute atomic E-state index is 0.834. The van der Waals surface area contributed by atoms with Crippen molar-refractivity contribution in [2.24, 2.45) is 0 Å². The first-order valence-electron chi connectivity index (χ1n) is 7.11. The normalized spacial score (nSPS) is 10.8. The molecule has 2 aromatic carbocycles. The molecular formula is C18H12BrN3S. The highest BCUT2D eigenvalue weighted by atomic mass is 79.9. The van der Waals surface area contributed by atoms with Gasteiger partial charge < -0.3 is 5.32 Å². The monoisotopic (exact) mass is 381 g/mol. The molecule has 0 fully saturated rings. The van der Waals surface area contributed by atoms with Gasteiger partial charge in [-0.3, -0.25) is 0 Å². The third kappa shape index (κ3) is 2.85. The van der Waals surface area contributed by atoms with Gasteiger partial charge in [0.05, 0.1) is 10.2 Å². The molecule has 0 unspecified atom stereocenters. The molecule has 1 N–H and O–H groups in total. The Morgan fingerprint density at radius 1 is 0.957 bits per heavy atom. The summed E-state index contributed by atoms with van der Waals surface area (Å²) in [6.45, 7) is 0. The van der Waals surface area contributed by atoms with Crippen molar-refractivity contribution in [2.75, 3.05) is 5.32 Å². The Labute approximate surface area is 146 Å². The van der Waals surface area contributed by atoms with Crippen LogP contribution in [0.4, 0.5) is 11.5 Å². The molecule has 0 saturated carbocycles. The molecular weight excluding hydrogens is 370 g/mol. The van der Waals surface area contributed by atoms with Crippen LogP contribution in [0, 0.1) is 0 Å². The molecule has 5 heteroatoms. The Hall–Kier alpha value is -2.24. The van der Waals surface area contributed by atoms with E-state index in [-0.39, 0.29) is 0 Å². The first-order valence-corrected chi connectivity index (χ1v) is 8.79. The van der Waals surface area contributed by atoms with Crippen LogP contribution in [0.25, 0.3) is 21.3 Å². The first kappa shape index (κ1) is 14.4. The Kier molecular flexibility index (Phi) is 3.81. The lowest BCUT2D eigenvalue weighted by molar-refractivity contribution is 1.23. The van der Waals surface area contributed by atoms with Crippen molar-refractivity contribution in [1.82, 2.24) is 9.97 Å². The van der Waals surface area contributed by atoms with Gasteiger partial charge in [-0.25, -0.2) is 9.97 Å². The molecule has 0 saturated heterocycles. The van der Waals surface area contributed by atoms with E-state index in [4.69, 9.17) is 0 Å². The summed E-state index contributed by atoms with van der Waals surface area (Å²) in [5.74, 6) is 0.834. The number of hydrogen-bond donors (Lipinski definition) is 1. The number of fused-ring (bicyclic) bond motifs is 1. The van der Waals surface area contributed by atoms with E-state index in [1.807, 2.05) is 42.5 Å². The van der Waals surface area contributed by atoms with Crippen LogP contribution < -0.4 is 5.32 Å². The first-order chi connectivity index (χ1) is 11.3. The fourth-order valence-electron chi connectivity index (χ4n) is 2.47. The molecule has 2 heterocycles. The van der Waals surface area contributed by atoms with Gasteiger partial charge in [-0.1, -0.05) is 52.3 Å². The maximum Gasteiger partial charge on any atom is 0.151 e. The molecule has 0 amide bonds. The molecule has 0 radical (unpaired) electrons. The zero-order chi connectivity index (χ0) is 15.6. The van der Waals surface area contributed by atoms with E-state index >= 15 is 0 Å². The number of hydrogen-bond acceptors (Lipinski definition) is 4. The Morgan fingerprint density at radius 2 is 1.83 bits per heavy atom. The van der Waals surface area contributed by atoms with Crippen LogP contribution >= 0.6 is 27.3 Å². The van der Waals surface area contributed by atoms with E-state index in [0.29, 0.717) is 0 Å². The number of halogens is 1. The van der Waals surface area contributed by atoms with Crippen molar-refractivity contribution in [3.05, 3.63) is 70.8 Å². The summed E-state index contributed by atoms with van der Waals surface area (Å²) in [5, 5.41) is 5.52. The zero-order valence-electron chi connectivity index (χ0n) is 12.0. The second-order valence-electron chi connectivity index (χ2n) is 5.05. The van der Waals surface area contributed by atoms with Crippen molar-refractivity contribution in [1.29, 1.82) is 0 Å². The minimum Gasteiger partial charge on any atom is -0.339 e. The predicted octanol–water partition coefficient (Wildman–Crippen LogP) is 5.86. The molecule has 4 aromatic rings. The SMILES string of the molecule is Brc1cccc(Nc2ncnc3c(-c4ccccc4)csc23)c1. The average Bonchev–Trinajstić information content (AvgIpc) is 3.01. The van der Waals surface area contributed by atoms with Crippen molar-refractivity contribution in [2.45, 2.75) is 0 Å². The Bertz CT molecular complexity index is 966. The maximum atomic E-state index is 4.49. The van der Waals surface area contributed by atoms with E-state index in [9.17, 15) is 0 Å². The van der Waals surface area contributed by atoms with Crippen LogP contribution in [0.2, 0.25) is 0 Å². The molecule has 0 aliphatic rings. The van der Waals surface area contributed by atoms with Gasteiger partial charge >= 0.3 is 0 Å². The van der Waals surface area contributed by atoms with Crippen LogP contribution in [0.1, 0.15) is 0 Å². The quantitative estimate of drug-likeness (QED) is 0.482. The van der Waals surface area contributed by atoms with Gasteiger partial charge in [0, 0.05) is 21.1 Å². The lowest BCUT2D eigenvalue weighted by Gasteiger charge is -2.07. The topological polar surface area (TPSA) is 37.8 Å². The molecule has 4 rings (SSSR count). The van der Waals surface area contributed by atoms with E-state index in [2.05, 4.69) is 48.7 Å². The summed E-state index contributed by atoms with van der Waals surface area (Å²) in [5.41, 5.74) is 4.29. The van der Waals surface area contributed by atoms with Gasteiger partial charge in [0.15, 0.2) is 5.82 Å². The maximum absolute atomic E-state index is 4.49. The number of thiophene rings is 1. The highest BCUT2D eigenvalue weighted by molar-refractivity contribution is 9.10. The highest BCUT2D eigenvalue weighted by Crippen LogP contribution is 2.36. The summed E-state index contributed by atoms with van der Waals surface area (Å²) in [6, 6.07) is 18.3. The molecule has 0 spiro atoms. The van der Waals surface area contributed by atoms with Gasteiger partial charge in [-0.05, 0) is 23.8 Å². The van der Waals surface area contributed by atoms with Gasteiger partial charge in [0.25, 0.3) is 0 Å². The molecule has 112 valence electrons. The summed E-state index contributed by atoms with van der Waals surface area (Å²) >= 11 is 5.15. The van der Waals surface area contributed by atoms with Crippen molar-refractivity contribution < 1.29 is 0 Å². The molecule has 0 aliphatic heterocycles. The van der Waals surface area contributed by atoms with E-state index < -0.39 is 0 Å². The zero-order valence-corrected chi connectivity index (χ0v) is 14.4. The van der Waals surface area contributed by atoms with Gasteiger partial charge in [-0.2, -0.15) is 0 Å². The summed E-state index contributed by atoms with van der Waals surface area (Å²) < 4.78 is 2.09. The average molecular weight is 382 g/mol. The number of nitrogens with zero attached hydrogens (tertiary/aromatic N) is 2. The molecule has 2 aromatic heterocycles. The standard InChI is InChI=1S/C18H12BrN3S/c19-13-7-4-8-14(9-13)22-18-17-16(20-11-21-18)15(10-23-17)12-5-2-1-3-6-12/h1-11H,(H,20,21,22). The molecule has 23 heavy (non-hydrogen) atoms. The second kappa shape index (κ2) is 6.10. The number of nitrogens with one attached hydrogen (secondary N) is 1. The summed E-state index contributed by atoms with van der Waals surface area (Å²) in [6.07, 6.45) is 1.61. The van der Waals surface area contributed by atoms with Crippen LogP contribution in [0.5, 0.6) is 0 Å². The van der Waals surface area contributed by atoms with E-state index in [1.54, 1.807) is 17.7 Å². The number of aromatic nitrogens is 2. The van der Waals surface area contributed by atoms with Crippen LogP contribution in [0.3, 0.4) is 0 Å². The van der Waals surface area contributed by atoms with Gasteiger partial charge in [0.2, 0.25) is 0 Å². The number of benzene rings is 2. The lowest BCUT2D eigenvalue weighted by Crippen LogP contribution is -1.94. The fraction of sp³-hybridized carbons (Fsp3) is 0. The second-order valence-corrected chi connectivity index (χ2v) is 6.85.